The van der Waals surface area contributed by atoms with Crippen molar-refractivity contribution in [1.29, 1.82) is 0 Å². The normalized spacial score (nSPS) is 19.9. The average Bonchev–Trinajstić information content (AvgIpc) is 2.61. The summed E-state index contributed by atoms with van der Waals surface area (Å²) in [4.78, 5) is 14.5. The van der Waals surface area contributed by atoms with E-state index >= 15 is 0 Å². The van der Waals surface area contributed by atoms with E-state index in [1.54, 1.807) is 11.0 Å². The molecule has 0 radical (unpaired) electrons. The molecule has 1 amide bonds. The lowest BCUT2D eigenvalue weighted by Gasteiger charge is -2.31. The SMILES string of the molecule is CC1CCN(C(=O)c2cc(C3CCNCC3)cc(C(F)(F)F)c2)CC1.Cl. The smallest absolute Gasteiger partial charge is 0.339 e. The van der Waals surface area contributed by atoms with Gasteiger partial charge in [0.05, 0.1) is 5.56 Å². The van der Waals surface area contributed by atoms with Crippen LogP contribution in [0.3, 0.4) is 0 Å². The van der Waals surface area contributed by atoms with Gasteiger partial charge < -0.3 is 10.2 Å². The molecule has 146 valence electrons. The zero-order chi connectivity index (χ0) is 18.0. The van der Waals surface area contributed by atoms with Crippen LogP contribution in [0.25, 0.3) is 0 Å². The van der Waals surface area contributed by atoms with Crippen molar-refractivity contribution in [3.8, 4) is 0 Å². The Morgan fingerprint density at radius 3 is 2.27 bits per heavy atom. The van der Waals surface area contributed by atoms with Crippen LogP contribution in [-0.4, -0.2) is 37.0 Å². The standard InChI is InChI=1S/C19H25F3N2O.ClH/c1-13-4-8-24(9-5-13)18(25)16-10-15(14-2-6-23-7-3-14)11-17(12-16)19(20,21)22;/h10-14,23H,2-9H2,1H3;1H. The van der Waals surface area contributed by atoms with E-state index < -0.39 is 11.7 Å². The van der Waals surface area contributed by atoms with Gasteiger partial charge in [-0.05, 0) is 74.4 Å². The Labute approximate surface area is 158 Å². The summed E-state index contributed by atoms with van der Waals surface area (Å²) in [7, 11) is 0. The second-order valence-electron chi connectivity index (χ2n) is 7.34. The lowest BCUT2D eigenvalue weighted by Crippen LogP contribution is -2.38. The van der Waals surface area contributed by atoms with Crippen LogP contribution in [0.5, 0.6) is 0 Å². The molecular formula is C19H26ClF3N2O. The highest BCUT2D eigenvalue weighted by Crippen LogP contribution is 2.35. The van der Waals surface area contributed by atoms with Crippen LogP contribution in [-0.2, 0) is 6.18 Å². The molecule has 2 aliphatic rings. The van der Waals surface area contributed by atoms with Crippen LogP contribution < -0.4 is 5.32 Å². The fraction of sp³-hybridized carbons (Fsp3) is 0.632. The van der Waals surface area contributed by atoms with E-state index in [0.717, 1.165) is 44.8 Å². The van der Waals surface area contributed by atoms with Crippen molar-refractivity contribution in [3.63, 3.8) is 0 Å². The zero-order valence-corrected chi connectivity index (χ0v) is 15.8. The fourth-order valence-corrected chi connectivity index (χ4v) is 3.72. The fourth-order valence-electron chi connectivity index (χ4n) is 3.72. The number of carbonyl (C=O) groups excluding carboxylic acids is 1. The number of likely N-dealkylation sites (tertiary alicyclic amines) is 1. The summed E-state index contributed by atoms with van der Waals surface area (Å²) in [6.45, 7) is 4.99. The first kappa shape index (κ1) is 21.0. The number of nitrogens with zero attached hydrogens (tertiary/aromatic N) is 1. The van der Waals surface area contributed by atoms with Gasteiger partial charge in [-0.25, -0.2) is 0 Å². The molecule has 0 saturated carbocycles. The summed E-state index contributed by atoms with van der Waals surface area (Å²) in [5.41, 5.74) is 0.111. The molecule has 0 spiro atoms. The monoisotopic (exact) mass is 390 g/mol. The molecule has 0 atom stereocenters. The number of nitrogens with one attached hydrogen (secondary N) is 1. The number of rotatable bonds is 2. The summed E-state index contributed by atoms with van der Waals surface area (Å²) in [6.07, 6.45) is -1.02. The number of carbonyl (C=O) groups is 1. The first-order valence-corrected chi connectivity index (χ1v) is 9.07. The molecule has 0 aromatic heterocycles. The van der Waals surface area contributed by atoms with Crippen molar-refractivity contribution in [3.05, 3.63) is 34.9 Å². The zero-order valence-electron chi connectivity index (χ0n) is 14.9. The average molecular weight is 391 g/mol. The molecule has 0 unspecified atom stereocenters. The van der Waals surface area contributed by atoms with E-state index in [-0.39, 0.29) is 29.8 Å². The molecule has 1 N–H and O–H groups in total. The molecule has 1 aromatic rings. The molecule has 26 heavy (non-hydrogen) atoms. The highest BCUT2D eigenvalue weighted by atomic mass is 35.5. The summed E-state index contributed by atoms with van der Waals surface area (Å²) in [5.74, 6) is 0.375. The van der Waals surface area contributed by atoms with E-state index in [1.165, 1.54) is 6.07 Å². The Balaban J connectivity index is 0.00000243. The van der Waals surface area contributed by atoms with Gasteiger partial charge in [-0.2, -0.15) is 13.2 Å². The van der Waals surface area contributed by atoms with E-state index in [2.05, 4.69) is 12.2 Å². The van der Waals surface area contributed by atoms with Crippen LogP contribution >= 0.6 is 12.4 Å². The molecule has 2 aliphatic heterocycles. The second kappa shape index (κ2) is 8.61. The van der Waals surface area contributed by atoms with E-state index in [4.69, 9.17) is 0 Å². The first-order valence-electron chi connectivity index (χ1n) is 9.07. The molecule has 0 aliphatic carbocycles. The number of amides is 1. The van der Waals surface area contributed by atoms with Crippen molar-refractivity contribution in [2.45, 2.75) is 44.7 Å². The maximum Gasteiger partial charge on any atom is 0.416 e. The molecule has 2 heterocycles. The molecule has 0 bridgehead atoms. The Kier molecular flexibility index (Phi) is 6.97. The lowest BCUT2D eigenvalue weighted by atomic mass is 9.87. The van der Waals surface area contributed by atoms with Gasteiger partial charge in [-0.15, -0.1) is 12.4 Å². The van der Waals surface area contributed by atoms with Crippen molar-refractivity contribution >= 4 is 18.3 Å². The van der Waals surface area contributed by atoms with Crippen LogP contribution in [0, 0.1) is 5.92 Å². The Morgan fingerprint density at radius 2 is 1.69 bits per heavy atom. The van der Waals surface area contributed by atoms with Gasteiger partial charge in [0.1, 0.15) is 0 Å². The van der Waals surface area contributed by atoms with Crippen molar-refractivity contribution in [1.82, 2.24) is 10.2 Å². The highest BCUT2D eigenvalue weighted by Gasteiger charge is 2.33. The number of alkyl halides is 3. The number of halogens is 4. The van der Waals surface area contributed by atoms with Crippen LogP contribution in [0.1, 0.15) is 60.0 Å². The second-order valence-corrected chi connectivity index (χ2v) is 7.34. The van der Waals surface area contributed by atoms with Gasteiger partial charge in [-0.3, -0.25) is 4.79 Å². The van der Waals surface area contributed by atoms with Gasteiger partial charge in [0.25, 0.3) is 5.91 Å². The third-order valence-corrected chi connectivity index (χ3v) is 5.41. The lowest BCUT2D eigenvalue weighted by molar-refractivity contribution is -0.137. The maximum atomic E-state index is 13.3. The Bertz CT molecular complexity index is 622. The van der Waals surface area contributed by atoms with Crippen molar-refractivity contribution in [2.24, 2.45) is 5.92 Å². The predicted octanol–water partition coefficient (Wildman–Crippen LogP) is 4.47. The Hall–Kier alpha value is -1.27. The number of hydrogen-bond donors (Lipinski definition) is 1. The predicted molar refractivity (Wildman–Crippen MR) is 97.8 cm³/mol. The van der Waals surface area contributed by atoms with E-state index in [9.17, 15) is 18.0 Å². The topological polar surface area (TPSA) is 32.3 Å². The summed E-state index contributed by atoms with van der Waals surface area (Å²) in [6, 6.07) is 3.93. The molecule has 3 nitrogen and oxygen atoms in total. The minimum Gasteiger partial charge on any atom is -0.339 e. The quantitative estimate of drug-likeness (QED) is 0.808. The Morgan fingerprint density at radius 1 is 1.08 bits per heavy atom. The number of hydrogen-bond acceptors (Lipinski definition) is 2. The largest absolute Gasteiger partial charge is 0.416 e. The molecular weight excluding hydrogens is 365 g/mol. The summed E-state index contributed by atoms with van der Waals surface area (Å²) < 4.78 is 40.0. The molecule has 2 fully saturated rings. The minimum absolute atomic E-state index is 0. The van der Waals surface area contributed by atoms with Gasteiger partial charge in [-0.1, -0.05) is 6.92 Å². The third kappa shape index (κ3) is 4.92. The van der Waals surface area contributed by atoms with Gasteiger partial charge >= 0.3 is 6.18 Å². The van der Waals surface area contributed by atoms with Crippen molar-refractivity contribution < 1.29 is 18.0 Å². The van der Waals surface area contributed by atoms with E-state index in [1.807, 2.05) is 0 Å². The first-order chi connectivity index (χ1) is 11.8. The van der Waals surface area contributed by atoms with Crippen molar-refractivity contribution in [2.75, 3.05) is 26.2 Å². The van der Waals surface area contributed by atoms with E-state index in [0.29, 0.717) is 24.6 Å². The molecule has 3 rings (SSSR count). The van der Waals surface area contributed by atoms with Crippen LogP contribution in [0.15, 0.2) is 18.2 Å². The maximum absolute atomic E-state index is 13.3. The van der Waals surface area contributed by atoms with Crippen LogP contribution in [0.2, 0.25) is 0 Å². The summed E-state index contributed by atoms with van der Waals surface area (Å²) >= 11 is 0. The highest BCUT2D eigenvalue weighted by molar-refractivity contribution is 5.94. The van der Waals surface area contributed by atoms with Crippen LogP contribution in [0.4, 0.5) is 13.2 Å². The summed E-state index contributed by atoms with van der Waals surface area (Å²) in [5, 5.41) is 3.23. The van der Waals surface area contributed by atoms with Gasteiger partial charge in [0.15, 0.2) is 0 Å². The minimum atomic E-state index is -4.44. The number of piperidine rings is 2. The van der Waals surface area contributed by atoms with Gasteiger partial charge in [0, 0.05) is 18.7 Å². The van der Waals surface area contributed by atoms with Gasteiger partial charge in [0.2, 0.25) is 0 Å². The molecule has 7 heteroatoms. The third-order valence-electron chi connectivity index (χ3n) is 5.41. The molecule has 2 saturated heterocycles. The number of benzene rings is 1. The molecule has 1 aromatic carbocycles.